The van der Waals surface area contributed by atoms with E-state index in [2.05, 4.69) is 0 Å². The maximum Gasteiger partial charge on any atom is 0.0880 e. The Labute approximate surface area is 90.8 Å². The average Bonchev–Trinajstić information content (AvgIpc) is 2.21. The largest absolute Gasteiger partial charge is 0.412 e. The molecule has 5 nitrogen and oxygen atoms in total. The van der Waals surface area contributed by atoms with Gasteiger partial charge in [0.15, 0.2) is 0 Å². The summed E-state index contributed by atoms with van der Waals surface area (Å²) >= 11 is 0. The Morgan fingerprint density at radius 2 is 1.00 bits per heavy atom. The third-order valence-corrected chi connectivity index (χ3v) is 5.57. The van der Waals surface area contributed by atoms with Crippen molar-refractivity contribution in [1.29, 1.82) is 0 Å². The second kappa shape index (κ2) is 10.6. The summed E-state index contributed by atoms with van der Waals surface area (Å²) in [5, 5.41) is 26.0. The van der Waals surface area contributed by atoms with Gasteiger partial charge in [0, 0.05) is 38.3 Å². The van der Waals surface area contributed by atoms with Gasteiger partial charge in [-0.05, 0) is 19.3 Å². The maximum atomic E-state index is 12.2. The zero-order chi connectivity index (χ0) is 10.9. The van der Waals surface area contributed by atoms with Gasteiger partial charge in [-0.25, -0.2) is 0 Å². The zero-order valence-corrected chi connectivity index (χ0v) is 9.96. The molecule has 0 unspecified atom stereocenters. The van der Waals surface area contributed by atoms with Gasteiger partial charge >= 0.3 is 0 Å². The minimum atomic E-state index is -2.25. The molecule has 0 fully saturated rings. The van der Waals surface area contributed by atoms with Crippen LogP contribution < -0.4 is 0 Å². The highest BCUT2D eigenvalue weighted by Gasteiger charge is 2.20. The molecule has 0 heterocycles. The number of rotatable bonds is 9. The molecule has 0 spiro atoms. The van der Waals surface area contributed by atoms with E-state index in [0.717, 1.165) is 0 Å². The molecule has 0 rings (SSSR count). The summed E-state index contributed by atoms with van der Waals surface area (Å²) in [6.45, 7) is 0.173. The standard InChI is InChI=1S/C9H21O4P.H2O/c10-4-1-7-14(13,8-2-5-11)9-3-6-12;/h10-12H,1-9H2;1H2. The van der Waals surface area contributed by atoms with Gasteiger partial charge in [0.1, 0.15) is 0 Å². The van der Waals surface area contributed by atoms with Crippen molar-refractivity contribution in [3.05, 3.63) is 0 Å². The molecule has 94 valence electrons. The summed E-state index contributed by atoms with van der Waals surface area (Å²) < 4.78 is 12.2. The summed E-state index contributed by atoms with van der Waals surface area (Å²) in [6, 6.07) is 0. The molecule has 0 radical (unpaired) electrons. The lowest BCUT2D eigenvalue weighted by Crippen LogP contribution is -2.05. The highest BCUT2D eigenvalue weighted by atomic mass is 31.2. The first-order valence-corrected chi connectivity index (χ1v) is 7.34. The monoisotopic (exact) mass is 242 g/mol. The van der Waals surface area contributed by atoms with Crippen molar-refractivity contribution in [2.75, 3.05) is 38.3 Å². The van der Waals surface area contributed by atoms with Gasteiger partial charge in [-0.2, -0.15) is 0 Å². The van der Waals surface area contributed by atoms with Crippen LogP contribution in [-0.2, 0) is 4.57 Å². The lowest BCUT2D eigenvalue weighted by Gasteiger charge is -2.16. The highest BCUT2D eigenvalue weighted by molar-refractivity contribution is 7.63. The van der Waals surface area contributed by atoms with Crippen LogP contribution in [0.5, 0.6) is 0 Å². The van der Waals surface area contributed by atoms with E-state index < -0.39 is 7.14 Å². The van der Waals surface area contributed by atoms with E-state index >= 15 is 0 Å². The maximum absolute atomic E-state index is 12.2. The van der Waals surface area contributed by atoms with Crippen LogP contribution in [0, 0.1) is 0 Å². The van der Waals surface area contributed by atoms with Crippen LogP contribution in [0.25, 0.3) is 0 Å². The summed E-state index contributed by atoms with van der Waals surface area (Å²) in [5.41, 5.74) is 0. The van der Waals surface area contributed by atoms with E-state index in [9.17, 15) is 4.57 Å². The van der Waals surface area contributed by atoms with Crippen molar-refractivity contribution in [3.63, 3.8) is 0 Å². The molecule has 0 bridgehead atoms. The third-order valence-electron chi connectivity index (χ3n) is 2.17. The fourth-order valence-corrected chi connectivity index (χ4v) is 4.24. The molecule has 5 N–H and O–H groups in total. The van der Waals surface area contributed by atoms with Crippen LogP contribution in [0.4, 0.5) is 0 Å². The smallest absolute Gasteiger partial charge is 0.0880 e. The molecule has 0 aliphatic carbocycles. The Balaban J connectivity index is 0. The molecule has 0 amide bonds. The molecular weight excluding hydrogens is 219 g/mol. The number of hydrogen-bond acceptors (Lipinski definition) is 4. The summed E-state index contributed by atoms with van der Waals surface area (Å²) in [5.74, 6) is 0. The first kappa shape index (κ1) is 17.5. The quantitative estimate of drug-likeness (QED) is 0.481. The van der Waals surface area contributed by atoms with Crippen LogP contribution in [0.1, 0.15) is 19.3 Å². The topological polar surface area (TPSA) is 109 Å². The predicted octanol–water partition coefficient (Wildman–Crippen LogP) is -0.328. The van der Waals surface area contributed by atoms with Crippen LogP contribution in [-0.4, -0.2) is 59.1 Å². The van der Waals surface area contributed by atoms with Crippen LogP contribution >= 0.6 is 7.14 Å². The number of hydrogen-bond donors (Lipinski definition) is 3. The molecule has 0 aromatic rings. The highest BCUT2D eigenvalue weighted by Crippen LogP contribution is 2.47. The normalized spacial score (nSPS) is 11.1. The average molecular weight is 242 g/mol. The summed E-state index contributed by atoms with van der Waals surface area (Å²) in [6.07, 6.45) is 3.24. The predicted molar refractivity (Wildman–Crippen MR) is 60.9 cm³/mol. The zero-order valence-electron chi connectivity index (χ0n) is 9.06. The van der Waals surface area contributed by atoms with E-state index in [1.807, 2.05) is 0 Å². The molecule has 0 aromatic carbocycles. The van der Waals surface area contributed by atoms with Crippen LogP contribution in [0.15, 0.2) is 0 Å². The van der Waals surface area contributed by atoms with Crippen molar-refractivity contribution < 1.29 is 25.4 Å². The molecule has 0 saturated carbocycles. The first-order chi connectivity index (χ1) is 6.68. The third kappa shape index (κ3) is 9.03. The minimum absolute atomic E-state index is 0. The number of aliphatic hydroxyl groups is 3. The van der Waals surface area contributed by atoms with E-state index in [1.54, 1.807) is 0 Å². The Bertz CT molecular complexity index is 145. The van der Waals surface area contributed by atoms with Gasteiger partial charge in [-0.1, -0.05) is 0 Å². The van der Waals surface area contributed by atoms with E-state index in [0.29, 0.717) is 37.7 Å². The first-order valence-electron chi connectivity index (χ1n) is 5.08. The van der Waals surface area contributed by atoms with Gasteiger partial charge in [0.25, 0.3) is 0 Å². The Kier molecular flexibility index (Phi) is 12.3. The lowest BCUT2D eigenvalue weighted by atomic mass is 10.5. The molecule has 0 aromatic heterocycles. The van der Waals surface area contributed by atoms with Crippen molar-refractivity contribution >= 4 is 7.14 Å². The molecule has 15 heavy (non-hydrogen) atoms. The Hall–Kier alpha value is 0.0700. The van der Waals surface area contributed by atoms with Gasteiger partial charge in [0.05, 0.1) is 7.14 Å². The Morgan fingerprint density at radius 3 is 1.20 bits per heavy atom. The van der Waals surface area contributed by atoms with Gasteiger partial charge in [0.2, 0.25) is 0 Å². The number of aliphatic hydroxyl groups excluding tert-OH is 3. The van der Waals surface area contributed by atoms with E-state index in [-0.39, 0.29) is 25.3 Å². The van der Waals surface area contributed by atoms with Crippen LogP contribution in [0.3, 0.4) is 0 Å². The molecule has 0 aliphatic rings. The summed E-state index contributed by atoms with van der Waals surface area (Å²) in [7, 11) is -2.25. The fraction of sp³-hybridized carbons (Fsp3) is 1.00. The molecule has 0 aliphatic heterocycles. The second-order valence-corrected chi connectivity index (χ2v) is 6.92. The lowest BCUT2D eigenvalue weighted by molar-refractivity contribution is 0.290. The fourth-order valence-electron chi connectivity index (χ4n) is 1.41. The SMILES string of the molecule is O.O=P(CCCO)(CCCO)CCCO. The molecule has 0 saturated heterocycles. The summed E-state index contributed by atoms with van der Waals surface area (Å²) in [4.78, 5) is 0. The van der Waals surface area contributed by atoms with E-state index in [4.69, 9.17) is 15.3 Å². The minimum Gasteiger partial charge on any atom is -0.412 e. The van der Waals surface area contributed by atoms with Crippen molar-refractivity contribution in [3.8, 4) is 0 Å². The van der Waals surface area contributed by atoms with Crippen LogP contribution in [0.2, 0.25) is 0 Å². The molecule has 0 atom stereocenters. The van der Waals surface area contributed by atoms with Crippen molar-refractivity contribution in [1.82, 2.24) is 0 Å². The van der Waals surface area contributed by atoms with Crippen molar-refractivity contribution in [2.24, 2.45) is 0 Å². The molecule has 6 heteroatoms. The second-order valence-electron chi connectivity index (χ2n) is 3.46. The Morgan fingerprint density at radius 1 is 0.733 bits per heavy atom. The van der Waals surface area contributed by atoms with E-state index in [1.165, 1.54) is 0 Å². The molecular formula is C9H23O5P. The van der Waals surface area contributed by atoms with Gasteiger partial charge in [-0.15, -0.1) is 0 Å². The van der Waals surface area contributed by atoms with Crippen molar-refractivity contribution in [2.45, 2.75) is 19.3 Å². The van der Waals surface area contributed by atoms with Gasteiger partial charge < -0.3 is 25.4 Å². The van der Waals surface area contributed by atoms with Gasteiger partial charge in [-0.3, -0.25) is 0 Å².